The van der Waals surface area contributed by atoms with Gasteiger partial charge in [0.2, 0.25) is 0 Å². The average Bonchev–Trinajstić information content (AvgIpc) is 3.19. The highest BCUT2D eigenvalue weighted by Gasteiger charge is 2.25. The number of carbonyl (C=O) groups excluding carboxylic acids is 1. The van der Waals surface area contributed by atoms with Gasteiger partial charge in [-0.15, -0.1) is 11.3 Å². The number of amides is 1. The number of thiophene rings is 1. The molecule has 0 radical (unpaired) electrons. The molecule has 2 heterocycles. The van der Waals surface area contributed by atoms with E-state index >= 15 is 0 Å². The van der Waals surface area contributed by atoms with Crippen molar-refractivity contribution in [2.24, 2.45) is 0 Å². The molecular weight excluding hydrogens is 318 g/mol. The van der Waals surface area contributed by atoms with Crippen LogP contribution in [0.4, 0.5) is 0 Å². The van der Waals surface area contributed by atoms with Crippen LogP contribution in [0.1, 0.15) is 26.8 Å². The van der Waals surface area contributed by atoms with Crippen molar-refractivity contribution in [3.63, 3.8) is 0 Å². The predicted octanol–water partition coefficient (Wildman–Crippen LogP) is 2.25. The van der Waals surface area contributed by atoms with E-state index < -0.39 is 17.9 Å². The molecule has 0 aliphatic carbocycles. The molecule has 0 bridgehead atoms. The highest BCUT2D eigenvalue weighted by Crippen LogP contribution is 2.29. The Labute approximate surface area is 136 Å². The van der Waals surface area contributed by atoms with Crippen LogP contribution in [-0.2, 0) is 11.2 Å². The summed E-state index contributed by atoms with van der Waals surface area (Å²) in [4.78, 5) is 24.2. The molecule has 3 rings (SSSR count). The molecule has 23 heavy (non-hydrogen) atoms. The summed E-state index contributed by atoms with van der Waals surface area (Å²) >= 11 is 1.20. The number of fused-ring (bicyclic) bond motifs is 1. The second kappa shape index (κ2) is 6.29. The van der Waals surface area contributed by atoms with Gasteiger partial charge in [-0.1, -0.05) is 6.07 Å². The second-order valence-electron chi connectivity index (χ2n) is 5.06. The number of carboxylic acids is 1. The van der Waals surface area contributed by atoms with Crippen LogP contribution in [0.5, 0.6) is 11.5 Å². The zero-order valence-corrected chi connectivity index (χ0v) is 13.2. The van der Waals surface area contributed by atoms with Gasteiger partial charge in [-0.2, -0.15) is 0 Å². The summed E-state index contributed by atoms with van der Waals surface area (Å²) < 4.78 is 10.4. The van der Waals surface area contributed by atoms with Crippen molar-refractivity contribution in [3.8, 4) is 11.5 Å². The molecule has 1 aliphatic rings. The normalized spacial score (nSPS) is 13.8. The number of hydrogen-bond acceptors (Lipinski definition) is 5. The van der Waals surface area contributed by atoms with Crippen molar-refractivity contribution in [1.29, 1.82) is 0 Å². The van der Waals surface area contributed by atoms with E-state index in [4.69, 9.17) is 9.47 Å². The zero-order chi connectivity index (χ0) is 16.4. The summed E-state index contributed by atoms with van der Waals surface area (Å²) in [6.45, 7) is 0.595. The Morgan fingerprint density at radius 2 is 2.22 bits per heavy atom. The van der Waals surface area contributed by atoms with E-state index in [2.05, 4.69) is 5.32 Å². The molecule has 1 aromatic carbocycles. The standard InChI is InChI=1S/C16H15NO5S/c1-21-11-7-13(23-8-11)15(18)17-14(16(19)20)10-2-3-12-9(6-10)4-5-22-12/h2-3,6-8,14H,4-5H2,1H3,(H,17,18)(H,19,20). The quantitative estimate of drug-likeness (QED) is 0.876. The Balaban J connectivity index is 1.81. The van der Waals surface area contributed by atoms with Crippen LogP contribution in [0.15, 0.2) is 29.6 Å². The van der Waals surface area contributed by atoms with Gasteiger partial charge in [0.1, 0.15) is 11.5 Å². The van der Waals surface area contributed by atoms with Crippen molar-refractivity contribution in [2.75, 3.05) is 13.7 Å². The van der Waals surface area contributed by atoms with E-state index in [0.717, 1.165) is 17.7 Å². The van der Waals surface area contributed by atoms with Gasteiger partial charge in [0.25, 0.3) is 5.91 Å². The fourth-order valence-corrected chi connectivity index (χ4v) is 3.18. The summed E-state index contributed by atoms with van der Waals surface area (Å²) in [6, 6.07) is 5.65. The van der Waals surface area contributed by atoms with Gasteiger partial charge in [0, 0.05) is 17.9 Å². The van der Waals surface area contributed by atoms with Gasteiger partial charge in [0.05, 0.1) is 18.6 Å². The van der Waals surface area contributed by atoms with Crippen LogP contribution in [0.3, 0.4) is 0 Å². The third-order valence-electron chi connectivity index (χ3n) is 3.60. The lowest BCUT2D eigenvalue weighted by Crippen LogP contribution is -2.33. The molecule has 1 aromatic heterocycles. The van der Waals surface area contributed by atoms with Crippen LogP contribution < -0.4 is 14.8 Å². The smallest absolute Gasteiger partial charge is 0.330 e. The Morgan fingerprint density at radius 3 is 2.91 bits per heavy atom. The summed E-state index contributed by atoms with van der Waals surface area (Å²) in [6.07, 6.45) is 0.742. The minimum atomic E-state index is -1.11. The van der Waals surface area contributed by atoms with Gasteiger partial charge < -0.3 is 19.9 Å². The molecule has 1 aliphatic heterocycles. The predicted molar refractivity (Wildman–Crippen MR) is 84.4 cm³/mol. The van der Waals surface area contributed by atoms with Crippen molar-refractivity contribution < 1.29 is 24.2 Å². The van der Waals surface area contributed by atoms with Gasteiger partial charge in [-0.05, 0) is 23.3 Å². The average molecular weight is 333 g/mol. The summed E-state index contributed by atoms with van der Waals surface area (Å²) in [5.41, 5.74) is 1.49. The molecule has 1 amide bonds. The monoisotopic (exact) mass is 333 g/mol. The van der Waals surface area contributed by atoms with E-state index in [-0.39, 0.29) is 0 Å². The zero-order valence-electron chi connectivity index (χ0n) is 12.4. The molecule has 7 heteroatoms. The van der Waals surface area contributed by atoms with Crippen molar-refractivity contribution in [1.82, 2.24) is 5.32 Å². The first-order valence-electron chi connectivity index (χ1n) is 7.00. The van der Waals surface area contributed by atoms with Crippen molar-refractivity contribution >= 4 is 23.2 Å². The van der Waals surface area contributed by atoms with E-state index in [1.165, 1.54) is 18.4 Å². The Morgan fingerprint density at radius 1 is 1.39 bits per heavy atom. The number of aliphatic carboxylic acids is 1. The number of benzene rings is 1. The SMILES string of the molecule is COc1csc(C(=O)NC(C(=O)O)c2ccc3c(c2)CCO3)c1. The summed E-state index contributed by atoms with van der Waals surface area (Å²) in [5.74, 6) is -0.211. The maximum atomic E-state index is 12.3. The maximum absolute atomic E-state index is 12.3. The van der Waals surface area contributed by atoms with E-state index in [1.54, 1.807) is 29.6 Å². The van der Waals surface area contributed by atoms with Crippen LogP contribution >= 0.6 is 11.3 Å². The molecule has 2 N–H and O–H groups in total. The molecule has 120 valence electrons. The van der Waals surface area contributed by atoms with E-state index in [0.29, 0.717) is 22.8 Å². The minimum absolute atomic E-state index is 0.401. The molecule has 1 atom stereocenters. The third-order valence-corrected chi connectivity index (χ3v) is 4.51. The van der Waals surface area contributed by atoms with Crippen LogP contribution in [-0.4, -0.2) is 30.7 Å². The molecule has 0 fully saturated rings. The largest absolute Gasteiger partial charge is 0.496 e. The topological polar surface area (TPSA) is 84.9 Å². The Bertz CT molecular complexity index is 755. The lowest BCUT2D eigenvalue weighted by atomic mass is 10.0. The van der Waals surface area contributed by atoms with Crippen LogP contribution in [0.25, 0.3) is 0 Å². The number of methoxy groups -OCH3 is 1. The molecule has 0 saturated heterocycles. The molecule has 0 spiro atoms. The lowest BCUT2D eigenvalue weighted by molar-refractivity contribution is -0.139. The maximum Gasteiger partial charge on any atom is 0.330 e. The lowest BCUT2D eigenvalue weighted by Gasteiger charge is -2.15. The minimum Gasteiger partial charge on any atom is -0.496 e. The number of rotatable bonds is 5. The highest BCUT2D eigenvalue weighted by molar-refractivity contribution is 7.12. The van der Waals surface area contributed by atoms with Gasteiger partial charge in [0.15, 0.2) is 6.04 Å². The molecule has 2 aromatic rings. The fourth-order valence-electron chi connectivity index (χ4n) is 2.42. The summed E-state index contributed by atoms with van der Waals surface area (Å²) in [5, 5.41) is 13.7. The van der Waals surface area contributed by atoms with Crippen molar-refractivity contribution in [2.45, 2.75) is 12.5 Å². The third kappa shape index (κ3) is 3.14. The van der Waals surface area contributed by atoms with Gasteiger partial charge in [-0.3, -0.25) is 4.79 Å². The molecule has 1 unspecified atom stereocenters. The van der Waals surface area contributed by atoms with Gasteiger partial charge >= 0.3 is 5.97 Å². The first-order chi connectivity index (χ1) is 11.1. The Kier molecular flexibility index (Phi) is 4.20. The first-order valence-corrected chi connectivity index (χ1v) is 7.88. The molecular formula is C16H15NO5S. The van der Waals surface area contributed by atoms with Crippen molar-refractivity contribution in [3.05, 3.63) is 45.6 Å². The number of hydrogen-bond donors (Lipinski definition) is 2. The highest BCUT2D eigenvalue weighted by atomic mass is 32.1. The fraction of sp³-hybridized carbons (Fsp3) is 0.250. The van der Waals surface area contributed by atoms with E-state index in [9.17, 15) is 14.7 Å². The number of nitrogens with one attached hydrogen (secondary N) is 1. The number of carbonyl (C=O) groups is 2. The first kappa shape index (κ1) is 15.4. The van der Waals surface area contributed by atoms with Gasteiger partial charge in [-0.25, -0.2) is 4.79 Å². The molecule has 6 nitrogen and oxygen atoms in total. The Hall–Kier alpha value is -2.54. The number of carboxylic acid groups (broad SMARTS) is 1. The van der Waals surface area contributed by atoms with E-state index in [1.807, 2.05) is 0 Å². The van der Waals surface area contributed by atoms with Crippen LogP contribution in [0, 0.1) is 0 Å². The molecule has 0 saturated carbocycles. The second-order valence-corrected chi connectivity index (χ2v) is 5.97. The number of ether oxygens (including phenoxy) is 2. The van der Waals surface area contributed by atoms with Crippen LogP contribution in [0.2, 0.25) is 0 Å². The summed E-state index contributed by atoms with van der Waals surface area (Å²) in [7, 11) is 1.51.